The monoisotopic (exact) mass is 209 g/mol. The summed E-state index contributed by atoms with van der Waals surface area (Å²) in [5.41, 5.74) is -0.146. The van der Waals surface area contributed by atoms with Crippen LogP contribution in [0.15, 0.2) is 0 Å². The van der Waals surface area contributed by atoms with Gasteiger partial charge in [-0.25, -0.2) is 0 Å². The molecule has 0 N–H and O–H groups in total. The van der Waals surface area contributed by atoms with Crippen molar-refractivity contribution >= 4 is 10.1 Å². The zero-order valence-corrected chi connectivity index (χ0v) is 9.81. The number of hydrogen-bond acceptors (Lipinski definition) is 4. The summed E-state index contributed by atoms with van der Waals surface area (Å²) >= 11 is 0. The van der Waals surface area contributed by atoms with Gasteiger partial charge in [-0.2, -0.15) is 8.42 Å². The van der Waals surface area contributed by atoms with Gasteiger partial charge in [-0.1, -0.05) is 13.8 Å². The number of nitrogens with zero attached hydrogens (tertiary/aromatic N) is 1. The Balaban J connectivity index is 4.04. The molecule has 0 aromatic rings. The van der Waals surface area contributed by atoms with Crippen molar-refractivity contribution in [1.82, 2.24) is 4.90 Å². The molecule has 0 radical (unpaired) electrons. The van der Waals surface area contributed by atoms with E-state index in [0.29, 0.717) is 0 Å². The first-order valence-electron chi connectivity index (χ1n) is 4.11. The smallest absolute Gasteiger partial charge is 0.264 e. The lowest BCUT2D eigenvalue weighted by Crippen LogP contribution is -2.33. The van der Waals surface area contributed by atoms with Crippen LogP contribution in [-0.2, 0) is 14.3 Å². The molecule has 0 atom stereocenters. The molecule has 5 heteroatoms. The summed E-state index contributed by atoms with van der Waals surface area (Å²) in [6.07, 6.45) is 1.07. The first-order valence-corrected chi connectivity index (χ1v) is 5.93. The van der Waals surface area contributed by atoms with Crippen molar-refractivity contribution in [2.24, 2.45) is 5.41 Å². The predicted octanol–water partition coefficient (Wildman–Crippen LogP) is 0.550. The second-order valence-corrected chi connectivity index (χ2v) is 6.01. The van der Waals surface area contributed by atoms with Crippen molar-refractivity contribution in [2.45, 2.75) is 13.8 Å². The van der Waals surface area contributed by atoms with Crippen LogP contribution in [0.1, 0.15) is 13.8 Å². The highest BCUT2D eigenvalue weighted by molar-refractivity contribution is 7.85. The van der Waals surface area contributed by atoms with Crippen LogP contribution in [0.4, 0.5) is 0 Å². The average molecular weight is 209 g/mol. The molecule has 0 unspecified atom stereocenters. The minimum atomic E-state index is -3.31. The van der Waals surface area contributed by atoms with Crippen molar-refractivity contribution in [2.75, 3.05) is 33.5 Å². The zero-order valence-electron chi connectivity index (χ0n) is 8.99. The Bertz CT molecular complexity index is 244. The first kappa shape index (κ1) is 12.9. The molecule has 0 aliphatic heterocycles. The van der Waals surface area contributed by atoms with Gasteiger partial charge in [0.05, 0.1) is 12.9 Å². The second kappa shape index (κ2) is 4.39. The molecule has 13 heavy (non-hydrogen) atoms. The Hall–Kier alpha value is -0.130. The van der Waals surface area contributed by atoms with E-state index in [9.17, 15) is 8.42 Å². The van der Waals surface area contributed by atoms with Gasteiger partial charge >= 0.3 is 0 Å². The van der Waals surface area contributed by atoms with Gasteiger partial charge in [-0.3, -0.25) is 4.18 Å². The molecule has 0 rings (SSSR count). The maximum absolute atomic E-state index is 10.7. The molecule has 0 heterocycles. The minimum absolute atomic E-state index is 0.146. The molecule has 0 bridgehead atoms. The van der Waals surface area contributed by atoms with Crippen LogP contribution in [0.3, 0.4) is 0 Å². The molecular weight excluding hydrogens is 190 g/mol. The molecular formula is C8H19NO3S. The fourth-order valence-corrected chi connectivity index (χ4v) is 1.70. The topological polar surface area (TPSA) is 46.6 Å². The van der Waals surface area contributed by atoms with Crippen LogP contribution in [0, 0.1) is 5.41 Å². The highest BCUT2D eigenvalue weighted by Crippen LogP contribution is 2.16. The van der Waals surface area contributed by atoms with Crippen LogP contribution in [0.25, 0.3) is 0 Å². The standard InChI is InChI=1S/C8H19NO3S/c1-8(2,6-9(3)4)7-12-13(5,10)11/h6-7H2,1-5H3. The van der Waals surface area contributed by atoms with Crippen molar-refractivity contribution in [3.8, 4) is 0 Å². The molecule has 0 aromatic carbocycles. The summed E-state index contributed by atoms with van der Waals surface area (Å²) in [6.45, 7) is 4.96. The van der Waals surface area contributed by atoms with Crippen LogP contribution in [-0.4, -0.2) is 46.8 Å². The Morgan fingerprint density at radius 2 is 1.77 bits per heavy atom. The largest absolute Gasteiger partial charge is 0.309 e. The van der Waals surface area contributed by atoms with E-state index < -0.39 is 10.1 Å². The molecule has 0 aromatic heterocycles. The Morgan fingerprint density at radius 3 is 2.08 bits per heavy atom. The Morgan fingerprint density at radius 1 is 1.31 bits per heavy atom. The van der Waals surface area contributed by atoms with E-state index in [1.54, 1.807) is 0 Å². The molecule has 0 aliphatic rings. The third-order valence-corrected chi connectivity index (χ3v) is 1.95. The quantitative estimate of drug-likeness (QED) is 0.620. The van der Waals surface area contributed by atoms with E-state index in [1.165, 1.54) is 0 Å². The molecule has 80 valence electrons. The van der Waals surface area contributed by atoms with Gasteiger partial charge in [0.25, 0.3) is 10.1 Å². The molecule has 0 saturated carbocycles. The molecule has 0 spiro atoms. The van der Waals surface area contributed by atoms with Gasteiger partial charge in [-0.05, 0) is 14.1 Å². The lowest BCUT2D eigenvalue weighted by Gasteiger charge is -2.27. The third kappa shape index (κ3) is 8.21. The van der Waals surface area contributed by atoms with Crippen LogP contribution in [0.5, 0.6) is 0 Å². The van der Waals surface area contributed by atoms with Crippen molar-refractivity contribution in [3.05, 3.63) is 0 Å². The Kier molecular flexibility index (Phi) is 4.35. The highest BCUT2D eigenvalue weighted by atomic mass is 32.2. The van der Waals surface area contributed by atoms with Gasteiger partial charge in [0, 0.05) is 12.0 Å². The predicted molar refractivity (Wildman–Crippen MR) is 53.1 cm³/mol. The lowest BCUT2D eigenvalue weighted by molar-refractivity contribution is 0.146. The molecule has 0 saturated heterocycles. The van der Waals surface area contributed by atoms with Crippen LogP contribution < -0.4 is 0 Å². The van der Waals surface area contributed by atoms with E-state index in [0.717, 1.165) is 12.8 Å². The summed E-state index contributed by atoms with van der Waals surface area (Å²) in [5, 5.41) is 0. The van der Waals surface area contributed by atoms with Gasteiger partial charge < -0.3 is 4.90 Å². The highest BCUT2D eigenvalue weighted by Gasteiger charge is 2.21. The van der Waals surface area contributed by atoms with Crippen LogP contribution >= 0.6 is 0 Å². The molecule has 0 aliphatic carbocycles. The Labute approximate surface area is 81.0 Å². The van der Waals surface area contributed by atoms with Crippen LogP contribution in [0.2, 0.25) is 0 Å². The zero-order chi connectivity index (χ0) is 10.7. The SMILES string of the molecule is CN(C)CC(C)(C)COS(C)(=O)=O. The first-order chi connectivity index (χ1) is 5.62. The fraction of sp³-hybridized carbons (Fsp3) is 1.00. The summed E-state index contributed by atoms with van der Waals surface area (Å²) < 4.78 is 26.2. The van der Waals surface area contributed by atoms with E-state index in [-0.39, 0.29) is 12.0 Å². The third-order valence-electron chi connectivity index (χ3n) is 1.41. The number of rotatable bonds is 5. The fourth-order valence-electron chi connectivity index (χ4n) is 1.17. The lowest BCUT2D eigenvalue weighted by atomic mass is 9.95. The summed E-state index contributed by atoms with van der Waals surface area (Å²) in [5.74, 6) is 0. The number of hydrogen-bond donors (Lipinski definition) is 0. The maximum Gasteiger partial charge on any atom is 0.264 e. The van der Waals surface area contributed by atoms with E-state index in [2.05, 4.69) is 0 Å². The molecule has 0 fully saturated rings. The van der Waals surface area contributed by atoms with Crippen molar-refractivity contribution in [3.63, 3.8) is 0 Å². The molecule has 4 nitrogen and oxygen atoms in total. The van der Waals surface area contributed by atoms with Crippen molar-refractivity contribution in [1.29, 1.82) is 0 Å². The summed E-state index contributed by atoms with van der Waals surface area (Å²) in [6, 6.07) is 0. The summed E-state index contributed by atoms with van der Waals surface area (Å²) in [7, 11) is 0.582. The average Bonchev–Trinajstić information content (AvgIpc) is 1.79. The van der Waals surface area contributed by atoms with Gasteiger partial charge in [-0.15, -0.1) is 0 Å². The van der Waals surface area contributed by atoms with E-state index >= 15 is 0 Å². The van der Waals surface area contributed by atoms with Gasteiger partial charge in [0.15, 0.2) is 0 Å². The second-order valence-electron chi connectivity index (χ2n) is 4.37. The molecule has 0 amide bonds. The summed E-state index contributed by atoms with van der Waals surface area (Å²) in [4.78, 5) is 2.01. The normalized spacial score (nSPS) is 13.7. The minimum Gasteiger partial charge on any atom is -0.309 e. The maximum atomic E-state index is 10.7. The van der Waals surface area contributed by atoms with Crippen molar-refractivity contribution < 1.29 is 12.6 Å². The van der Waals surface area contributed by atoms with Gasteiger partial charge in [0.1, 0.15) is 0 Å². The van der Waals surface area contributed by atoms with E-state index in [4.69, 9.17) is 4.18 Å². The van der Waals surface area contributed by atoms with E-state index in [1.807, 2.05) is 32.8 Å². The van der Waals surface area contributed by atoms with Gasteiger partial charge in [0.2, 0.25) is 0 Å².